The maximum atomic E-state index is 12.2. The molecular weight excluding hydrogens is 272 g/mol. The summed E-state index contributed by atoms with van der Waals surface area (Å²) in [6.07, 6.45) is 1.64. The maximum Gasteiger partial charge on any atom is 0.272 e. The van der Waals surface area contributed by atoms with Crippen molar-refractivity contribution in [1.29, 1.82) is 0 Å². The number of nitrogens with two attached hydrogens (primary N) is 1. The van der Waals surface area contributed by atoms with Gasteiger partial charge in [-0.05, 0) is 0 Å². The first-order valence-electron chi connectivity index (χ1n) is 6.80. The highest BCUT2D eigenvalue weighted by atomic mass is 16.2. The van der Waals surface area contributed by atoms with Crippen molar-refractivity contribution < 1.29 is 9.59 Å². The fourth-order valence-electron chi connectivity index (χ4n) is 2.17. The van der Waals surface area contributed by atoms with Gasteiger partial charge in [0.15, 0.2) is 0 Å². The summed E-state index contributed by atoms with van der Waals surface area (Å²) in [5, 5.41) is 9.10. The van der Waals surface area contributed by atoms with E-state index in [-0.39, 0.29) is 11.8 Å². The van der Waals surface area contributed by atoms with Gasteiger partial charge in [0.25, 0.3) is 5.91 Å². The van der Waals surface area contributed by atoms with Crippen LogP contribution in [0.25, 0.3) is 0 Å². The Balaban J connectivity index is 1.79. The second kappa shape index (κ2) is 6.89. The van der Waals surface area contributed by atoms with Gasteiger partial charge in [-0.25, -0.2) is 0 Å². The van der Waals surface area contributed by atoms with Crippen molar-refractivity contribution in [2.24, 2.45) is 0 Å². The minimum Gasteiger partial charge on any atom is -0.382 e. The van der Waals surface area contributed by atoms with Crippen molar-refractivity contribution in [3.8, 4) is 0 Å². The molecule has 8 nitrogen and oxygen atoms in total. The zero-order chi connectivity index (χ0) is 15.2. The Labute approximate surface area is 123 Å². The van der Waals surface area contributed by atoms with Crippen LogP contribution in [0.3, 0.4) is 0 Å². The average molecular weight is 292 g/mol. The molecule has 0 radical (unpaired) electrons. The molecule has 0 spiro atoms. The number of H-pyrrole nitrogens is 1. The summed E-state index contributed by atoms with van der Waals surface area (Å²) >= 11 is 0. The topological polar surface area (TPSA) is 107 Å². The predicted molar refractivity (Wildman–Crippen MR) is 78.6 cm³/mol. The third-order valence-corrected chi connectivity index (χ3v) is 3.30. The number of nitrogens with one attached hydrogen (secondary N) is 2. The first kappa shape index (κ1) is 15.0. The predicted octanol–water partition coefficient (Wildman–Crippen LogP) is -0.948. The zero-order valence-corrected chi connectivity index (χ0v) is 11.8. The van der Waals surface area contributed by atoms with Crippen molar-refractivity contribution >= 4 is 17.6 Å². The molecule has 1 fully saturated rings. The first-order valence-corrected chi connectivity index (χ1v) is 6.80. The van der Waals surface area contributed by atoms with Crippen LogP contribution in [-0.4, -0.2) is 71.1 Å². The normalized spacial score (nSPS) is 15.7. The van der Waals surface area contributed by atoms with Crippen molar-refractivity contribution in [2.75, 3.05) is 45.0 Å². The SMILES string of the molecule is C=CCNC(=O)CN1CCN(C(=O)c2cc(N)n[nH]2)CC1. The van der Waals surface area contributed by atoms with E-state index < -0.39 is 0 Å². The molecule has 0 unspecified atom stereocenters. The van der Waals surface area contributed by atoms with Crippen molar-refractivity contribution in [1.82, 2.24) is 25.3 Å². The third kappa shape index (κ3) is 4.06. The van der Waals surface area contributed by atoms with Crippen molar-refractivity contribution in [2.45, 2.75) is 0 Å². The fraction of sp³-hybridized carbons (Fsp3) is 0.462. The van der Waals surface area contributed by atoms with Gasteiger partial charge in [0.1, 0.15) is 11.5 Å². The van der Waals surface area contributed by atoms with Gasteiger partial charge in [0, 0.05) is 38.8 Å². The molecule has 114 valence electrons. The smallest absolute Gasteiger partial charge is 0.272 e. The van der Waals surface area contributed by atoms with Crippen LogP contribution in [0.15, 0.2) is 18.7 Å². The van der Waals surface area contributed by atoms with Gasteiger partial charge < -0.3 is 16.0 Å². The molecule has 1 aliphatic rings. The summed E-state index contributed by atoms with van der Waals surface area (Å²) in [6, 6.07) is 1.53. The monoisotopic (exact) mass is 292 g/mol. The number of aromatic amines is 1. The van der Waals surface area contributed by atoms with Gasteiger partial charge in [-0.1, -0.05) is 6.08 Å². The van der Waals surface area contributed by atoms with E-state index >= 15 is 0 Å². The van der Waals surface area contributed by atoms with Crippen LogP contribution >= 0.6 is 0 Å². The number of hydrogen-bond acceptors (Lipinski definition) is 5. The number of piperazine rings is 1. The summed E-state index contributed by atoms with van der Waals surface area (Å²) in [7, 11) is 0. The van der Waals surface area contributed by atoms with Crippen molar-refractivity contribution in [3.05, 3.63) is 24.4 Å². The molecule has 1 saturated heterocycles. The van der Waals surface area contributed by atoms with Crippen LogP contribution in [0.2, 0.25) is 0 Å². The van der Waals surface area contributed by atoms with E-state index in [1.165, 1.54) is 6.07 Å². The quantitative estimate of drug-likeness (QED) is 0.607. The Kier molecular flexibility index (Phi) is 4.94. The molecule has 0 saturated carbocycles. The summed E-state index contributed by atoms with van der Waals surface area (Å²) in [5.74, 6) is 0.154. The highest BCUT2D eigenvalue weighted by Crippen LogP contribution is 2.08. The highest BCUT2D eigenvalue weighted by Gasteiger charge is 2.24. The van der Waals surface area contributed by atoms with Gasteiger partial charge in [0.2, 0.25) is 5.91 Å². The van der Waals surface area contributed by atoms with E-state index in [9.17, 15) is 9.59 Å². The van der Waals surface area contributed by atoms with E-state index in [4.69, 9.17) is 5.73 Å². The Bertz CT molecular complexity index is 518. The van der Waals surface area contributed by atoms with E-state index in [2.05, 4.69) is 22.1 Å². The minimum absolute atomic E-state index is 0.0315. The van der Waals surface area contributed by atoms with Gasteiger partial charge >= 0.3 is 0 Å². The molecule has 8 heteroatoms. The number of carbonyl (C=O) groups excluding carboxylic acids is 2. The second-order valence-electron chi connectivity index (χ2n) is 4.87. The maximum absolute atomic E-state index is 12.2. The number of nitrogens with zero attached hydrogens (tertiary/aromatic N) is 3. The zero-order valence-electron chi connectivity index (χ0n) is 11.8. The number of carbonyl (C=O) groups is 2. The Morgan fingerprint density at radius 2 is 2.14 bits per heavy atom. The Morgan fingerprint density at radius 3 is 2.71 bits per heavy atom. The molecule has 2 rings (SSSR count). The molecule has 2 heterocycles. The van der Waals surface area contributed by atoms with E-state index in [0.29, 0.717) is 50.8 Å². The molecule has 1 aromatic heterocycles. The van der Waals surface area contributed by atoms with Crippen LogP contribution in [0.5, 0.6) is 0 Å². The van der Waals surface area contributed by atoms with Gasteiger partial charge in [0.05, 0.1) is 6.54 Å². The lowest BCUT2D eigenvalue weighted by molar-refractivity contribution is -0.122. The molecule has 0 aliphatic carbocycles. The molecule has 0 aromatic carbocycles. The molecule has 1 aromatic rings. The van der Waals surface area contributed by atoms with Crippen LogP contribution in [0.1, 0.15) is 10.5 Å². The molecule has 4 N–H and O–H groups in total. The van der Waals surface area contributed by atoms with Crippen LogP contribution in [0, 0.1) is 0 Å². The lowest BCUT2D eigenvalue weighted by Crippen LogP contribution is -2.51. The number of hydrogen-bond donors (Lipinski definition) is 3. The fourth-order valence-corrected chi connectivity index (χ4v) is 2.17. The number of amides is 2. The number of anilines is 1. The van der Waals surface area contributed by atoms with E-state index in [1.54, 1.807) is 11.0 Å². The lowest BCUT2D eigenvalue weighted by atomic mass is 10.2. The van der Waals surface area contributed by atoms with E-state index in [1.807, 2.05) is 4.90 Å². The standard InChI is InChI=1S/C13H20N6O2/c1-2-3-15-12(20)9-18-4-6-19(7-5-18)13(21)10-8-11(14)17-16-10/h2,8H,1,3-7,9H2,(H,15,20)(H3,14,16,17). The minimum atomic E-state index is -0.116. The molecular formula is C13H20N6O2. The molecule has 1 aliphatic heterocycles. The molecule has 0 atom stereocenters. The lowest BCUT2D eigenvalue weighted by Gasteiger charge is -2.34. The number of nitrogen functional groups attached to an aromatic ring is 1. The summed E-state index contributed by atoms with van der Waals surface area (Å²) in [6.45, 7) is 6.84. The van der Waals surface area contributed by atoms with Crippen molar-refractivity contribution in [3.63, 3.8) is 0 Å². The second-order valence-corrected chi connectivity index (χ2v) is 4.87. The number of rotatable bonds is 5. The van der Waals surface area contributed by atoms with Gasteiger partial charge in [-0.3, -0.25) is 19.6 Å². The van der Waals surface area contributed by atoms with Gasteiger partial charge in [-0.2, -0.15) is 5.10 Å². The van der Waals surface area contributed by atoms with Crippen LogP contribution < -0.4 is 11.1 Å². The Morgan fingerprint density at radius 1 is 1.43 bits per heavy atom. The molecule has 2 amide bonds. The van der Waals surface area contributed by atoms with Crippen LogP contribution in [-0.2, 0) is 4.79 Å². The first-order chi connectivity index (χ1) is 10.1. The van der Waals surface area contributed by atoms with Crippen LogP contribution in [0.4, 0.5) is 5.82 Å². The summed E-state index contributed by atoms with van der Waals surface area (Å²) < 4.78 is 0. The third-order valence-electron chi connectivity index (χ3n) is 3.30. The van der Waals surface area contributed by atoms with E-state index in [0.717, 1.165) is 0 Å². The average Bonchev–Trinajstić information content (AvgIpc) is 2.92. The molecule has 0 bridgehead atoms. The Hall–Kier alpha value is -2.35. The summed E-state index contributed by atoms with van der Waals surface area (Å²) in [4.78, 5) is 27.5. The summed E-state index contributed by atoms with van der Waals surface area (Å²) in [5.41, 5.74) is 5.88. The number of aromatic nitrogens is 2. The highest BCUT2D eigenvalue weighted by molar-refractivity contribution is 5.93. The molecule has 21 heavy (non-hydrogen) atoms. The van der Waals surface area contributed by atoms with Gasteiger partial charge in [-0.15, -0.1) is 6.58 Å². The largest absolute Gasteiger partial charge is 0.382 e.